The van der Waals surface area contributed by atoms with Crippen LogP contribution in [0.2, 0.25) is 0 Å². The lowest BCUT2D eigenvalue weighted by Gasteiger charge is -2.26. The van der Waals surface area contributed by atoms with Crippen LogP contribution in [0.4, 0.5) is 5.69 Å². The first kappa shape index (κ1) is 14.8. The van der Waals surface area contributed by atoms with E-state index in [1.807, 2.05) is 11.0 Å². The highest BCUT2D eigenvalue weighted by atomic mass is 16.5. The van der Waals surface area contributed by atoms with Crippen LogP contribution in [-0.2, 0) is 4.74 Å². The molecular weight excluding hydrogens is 254 g/mol. The normalized spacial score (nSPS) is 15.2. The van der Waals surface area contributed by atoms with Crippen LogP contribution in [0, 0.1) is 0 Å². The van der Waals surface area contributed by atoms with Gasteiger partial charge >= 0.3 is 0 Å². The van der Waals surface area contributed by atoms with Crippen LogP contribution in [0.25, 0.3) is 0 Å². The van der Waals surface area contributed by atoms with Crippen molar-refractivity contribution in [1.82, 2.24) is 9.88 Å². The zero-order valence-corrected chi connectivity index (χ0v) is 12.1. The molecule has 5 heteroatoms. The minimum atomic E-state index is 0.0951. The fourth-order valence-electron chi connectivity index (χ4n) is 2.38. The number of rotatable bonds is 6. The van der Waals surface area contributed by atoms with E-state index in [-0.39, 0.29) is 5.91 Å². The number of amides is 1. The number of hydrogen-bond donors (Lipinski definition) is 1. The molecule has 0 atom stereocenters. The summed E-state index contributed by atoms with van der Waals surface area (Å²) in [4.78, 5) is 18.5. The Kier molecular flexibility index (Phi) is 5.80. The lowest BCUT2D eigenvalue weighted by Crippen LogP contribution is -2.35. The van der Waals surface area contributed by atoms with Crippen molar-refractivity contribution in [2.75, 3.05) is 38.7 Å². The minimum Gasteiger partial charge on any atom is -0.385 e. The van der Waals surface area contributed by atoms with E-state index in [1.54, 1.807) is 19.5 Å². The van der Waals surface area contributed by atoms with Gasteiger partial charge in [-0.1, -0.05) is 0 Å². The SMILES string of the molecule is COCCCNc1cncc(C(=O)N2CCCCC2)c1. The Hall–Kier alpha value is -1.62. The average molecular weight is 277 g/mol. The summed E-state index contributed by atoms with van der Waals surface area (Å²) in [5.74, 6) is 0.0951. The number of nitrogens with zero attached hydrogens (tertiary/aromatic N) is 2. The third kappa shape index (κ3) is 4.20. The molecule has 1 aliphatic rings. The number of methoxy groups -OCH3 is 1. The van der Waals surface area contributed by atoms with E-state index in [4.69, 9.17) is 4.74 Å². The van der Waals surface area contributed by atoms with Crippen LogP contribution in [0.15, 0.2) is 18.5 Å². The smallest absolute Gasteiger partial charge is 0.255 e. The summed E-state index contributed by atoms with van der Waals surface area (Å²) < 4.78 is 5.00. The molecule has 5 nitrogen and oxygen atoms in total. The van der Waals surface area contributed by atoms with Gasteiger partial charge in [0.05, 0.1) is 11.3 Å². The summed E-state index contributed by atoms with van der Waals surface area (Å²) >= 11 is 0. The van der Waals surface area contributed by atoms with Gasteiger partial charge < -0.3 is 15.0 Å². The van der Waals surface area contributed by atoms with Gasteiger partial charge in [-0.05, 0) is 31.7 Å². The van der Waals surface area contributed by atoms with Gasteiger partial charge in [-0.15, -0.1) is 0 Å². The summed E-state index contributed by atoms with van der Waals surface area (Å²) in [5.41, 5.74) is 1.56. The van der Waals surface area contributed by atoms with Crippen molar-refractivity contribution in [1.29, 1.82) is 0 Å². The number of ether oxygens (including phenoxy) is 1. The first-order valence-electron chi connectivity index (χ1n) is 7.28. The van der Waals surface area contributed by atoms with Gasteiger partial charge in [0.15, 0.2) is 0 Å². The number of piperidine rings is 1. The number of carbonyl (C=O) groups excluding carboxylic acids is 1. The molecule has 20 heavy (non-hydrogen) atoms. The molecule has 110 valence electrons. The number of hydrogen-bond acceptors (Lipinski definition) is 4. The van der Waals surface area contributed by atoms with Crippen molar-refractivity contribution >= 4 is 11.6 Å². The maximum atomic E-state index is 12.4. The molecule has 1 N–H and O–H groups in total. The predicted octanol–water partition coefficient (Wildman–Crippen LogP) is 2.16. The lowest BCUT2D eigenvalue weighted by atomic mass is 10.1. The number of pyridine rings is 1. The van der Waals surface area contributed by atoms with Gasteiger partial charge in [0.2, 0.25) is 0 Å². The Morgan fingerprint density at radius 1 is 1.35 bits per heavy atom. The summed E-state index contributed by atoms with van der Waals surface area (Å²) in [5, 5.41) is 3.26. The second-order valence-electron chi connectivity index (χ2n) is 5.09. The molecule has 1 aromatic heterocycles. The van der Waals surface area contributed by atoms with Crippen LogP contribution in [0.3, 0.4) is 0 Å². The molecule has 1 fully saturated rings. The molecule has 0 bridgehead atoms. The second kappa shape index (κ2) is 7.85. The number of carbonyl (C=O) groups is 1. The molecule has 0 saturated carbocycles. The summed E-state index contributed by atoms with van der Waals surface area (Å²) in [6.07, 6.45) is 7.77. The molecular formula is C15H23N3O2. The molecule has 1 aliphatic heterocycles. The van der Waals surface area contributed by atoms with Crippen LogP contribution < -0.4 is 5.32 Å². The highest BCUT2D eigenvalue weighted by molar-refractivity contribution is 5.94. The zero-order valence-electron chi connectivity index (χ0n) is 12.1. The van der Waals surface area contributed by atoms with Crippen molar-refractivity contribution < 1.29 is 9.53 Å². The molecule has 0 radical (unpaired) electrons. The van der Waals surface area contributed by atoms with Crippen molar-refractivity contribution in [3.63, 3.8) is 0 Å². The van der Waals surface area contributed by atoms with Crippen molar-refractivity contribution in [2.45, 2.75) is 25.7 Å². The van der Waals surface area contributed by atoms with Crippen LogP contribution >= 0.6 is 0 Å². The van der Waals surface area contributed by atoms with E-state index < -0.39 is 0 Å². The maximum Gasteiger partial charge on any atom is 0.255 e. The summed E-state index contributed by atoms with van der Waals surface area (Å²) in [6.45, 7) is 3.28. The van der Waals surface area contributed by atoms with Crippen molar-refractivity contribution in [3.8, 4) is 0 Å². The summed E-state index contributed by atoms with van der Waals surface area (Å²) in [6, 6.07) is 1.89. The van der Waals surface area contributed by atoms with E-state index in [2.05, 4.69) is 10.3 Å². The highest BCUT2D eigenvalue weighted by Gasteiger charge is 2.18. The minimum absolute atomic E-state index is 0.0951. The van der Waals surface area contributed by atoms with Crippen molar-refractivity contribution in [3.05, 3.63) is 24.0 Å². The zero-order chi connectivity index (χ0) is 14.2. The van der Waals surface area contributed by atoms with E-state index in [0.29, 0.717) is 5.56 Å². The maximum absolute atomic E-state index is 12.4. The molecule has 1 saturated heterocycles. The van der Waals surface area contributed by atoms with Gasteiger partial charge in [-0.2, -0.15) is 0 Å². The van der Waals surface area contributed by atoms with E-state index in [1.165, 1.54) is 6.42 Å². The Bertz CT molecular complexity index is 431. The molecule has 1 amide bonds. The Morgan fingerprint density at radius 3 is 2.90 bits per heavy atom. The predicted molar refractivity (Wildman–Crippen MR) is 79.0 cm³/mol. The quantitative estimate of drug-likeness (QED) is 0.810. The molecule has 2 heterocycles. The van der Waals surface area contributed by atoms with Crippen molar-refractivity contribution in [2.24, 2.45) is 0 Å². The Balaban J connectivity index is 1.92. The topological polar surface area (TPSA) is 54.5 Å². The largest absolute Gasteiger partial charge is 0.385 e. The van der Waals surface area contributed by atoms with Gasteiger partial charge in [0, 0.05) is 45.7 Å². The van der Waals surface area contributed by atoms with E-state index in [9.17, 15) is 4.79 Å². The standard InChI is InChI=1S/C15H23N3O2/c1-20-9-5-6-17-14-10-13(11-16-12-14)15(19)18-7-3-2-4-8-18/h10-12,17H,2-9H2,1H3. The first-order chi connectivity index (χ1) is 9.81. The fourth-order valence-corrected chi connectivity index (χ4v) is 2.38. The first-order valence-corrected chi connectivity index (χ1v) is 7.28. The summed E-state index contributed by atoms with van der Waals surface area (Å²) in [7, 11) is 1.69. The fraction of sp³-hybridized carbons (Fsp3) is 0.600. The van der Waals surface area contributed by atoms with Crippen LogP contribution in [-0.4, -0.2) is 49.1 Å². The van der Waals surface area contributed by atoms with E-state index in [0.717, 1.165) is 51.2 Å². The Labute approximate surface area is 120 Å². The third-order valence-electron chi connectivity index (χ3n) is 3.48. The molecule has 1 aromatic rings. The molecule has 0 aliphatic carbocycles. The van der Waals surface area contributed by atoms with Gasteiger partial charge in [0.25, 0.3) is 5.91 Å². The monoisotopic (exact) mass is 277 g/mol. The molecule has 0 spiro atoms. The molecule has 0 aromatic carbocycles. The highest BCUT2D eigenvalue weighted by Crippen LogP contribution is 2.15. The van der Waals surface area contributed by atoms with Gasteiger partial charge in [-0.25, -0.2) is 0 Å². The number of nitrogens with one attached hydrogen (secondary N) is 1. The number of aromatic nitrogens is 1. The third-order valence-corrected chi connectivity index (χ3v) is 3.48. The number of likely N-dealkylation sites (tertiary alicyclic amines) is 1. The molecule has 2 rings (SSSR count). The van der Waals surface area contributed by atoms with E-state index >= 15 is 0 Å². The van der Waals surface area contributed by atoms with Crippen LogP contribution in [0.1, 0.15) is 36.0 Å². The second-order valence-corrected chi connectivity index (χ2v) is 5.09. The molecule has 0 unspecified atom stereocenters. The van der Waals surface area contributed by atoms with Gasteiger partial charge in [0.1, 0.15) is 0 Å². The Morgan fingerprint density at radius 2 is 2.15 bits per heavy atom. The van der Waals surface area contributed by atoms with Crippen LogP contribution in [0.5, 0.6) is 0 Å². The lowest BCUT2D eigenvalue weighted by molar-refractivity contribution is 0.0724. The average Bonchev–Trinajstić information content (AvgIpc) is 2.52. The van der Waals surface area contributed by atoms with Gasteiger partial charge in [-0.3, -0.25) is 9.78 Å². The number of anilines is 1.